The van der Waals surface area contributed by atoms with Gasteiger partial charge in [0, 0.05) is 5.56 Å². The van der Waals surface area contributed by atoms with Gasteiger partial charge in [-0.15, -0.1) is 0 Å². The van der Waals surface area contributed by atoms with E-state index in [2.05, 4.69) is 0 Å². The van der Waals surface area contributed by atoms with E-state index in [0.29, 0.717) is 16.9 Å². The van der Waals surface area contributed by atoms with Crippen LogP contribution in [0.3, 0.4) is 0 Å². The number of aryl methyl sites for hydroxylation is 1. The number of Topliss-reactive ketones (excluding diaryl/α,β-unsaturated/α-hetero) is 2. The van der Waals surface area contributed by atoms with E-state index in [0.717, 1.165) is 5.56 Å². The molecule has 2 rings (SSSR count). The lowest BCUT2D eigenvalue weighted by Gasteiger charge is -2.08. The lowest BCUT2D eigenvalue weighted by atomic mass is 9.99. The van der Waals surface area contributed by atoms with Gasteiger partial charge in [-0.05, 0) is 19.1 Å². The molecule has 0 unspecified atom stereocenters. The fourth-order valence-electron chi connectivity index (χ4n) is 2.01. The van der Waals surface area contributed by atoms with Gasteiger partial charge in [-0.3, -0.25) is 9.59 Å². The third-order valence-electron chi connectivity index (χ3n) is 3.07. The Hall–Kier alpha value is -2.42. The van der Waals surface area contributed by atoms with E-state index >= 15 is 0 Å². The zero-order chi connectivity index (χ0) is 14.5. The second-order valence-electron chi connectivity index (χ2n) is 4.59. The Morgan fingerprint density at radius 3 is 2.35 bits per heavy atom. The Morgan fingerprint density at radius 2 is 1.70 bits per heavy atom. The SMILES string of the molecule is COc1ccc(C)cc1C(=O)CC(=O)c1ccccc1. The first kappa shape index (κ1) is 14.0. The highest BCUT2D eigenvalue weighted by molar-refractivity contribution is 6.14. The van der Waals surface area contributed by atoms with Crippen LogP contribution in [0, 0.1) is 6.92 Å². The summed E-state index contributed by atoms with van der Waals surface area (Å²) in [4.78, 5) is 24.3. The Balaban J connectivity index is 2.21. The minimum atomic E-state index is -0.223. The number of benzene rings is 2. The maximum absolute atomic E-state index is 12.3. The predicted molar refractivity (Wildman–Crippen MR) is 77.5 cm³/mol. The topological polar surface area (TPSA) is 43.4 Å². The summed E-state index contributed by atoms with van der Waals surface area (Å²) in [7, 11) is 1.51. The molecule has 0 saturated heterocycles. The number of methoxy groups -OCH3 is 1. The normalized spacial score (nSPS) is 10.1. The van der Waals surface area contributed by atoms with Gasteiger partial charge < -0.3 is 4.74 Å². The van der Waals surface area contributed by atoms with Crippen LogP contribution in [0.15, 0.2) is 48.5 Å². The standard InChI is InChI=1S/C17H16O3/c1-12-8-9-17(20-2)14(10-12)16(19)11-15(18)13-6-4-3-5-7-13/h3-10H,11H2,1-2H3. The maximum atomic E-state index is 12.3. The maximum Gasteiger partial charge on any atom is 0.174 e. The quantitative estimate of drug-likeness (QED) is 0.616. The number of hydrogen-bond donors (Lipinski definition) is 0. The van der Waals surface area contributed by atoms with Crippen LogP contribution < -0.4 is 4.74 Å². The number of ether oxygens (including phenoxy) is 1. The number of ketones is 2. The highest BCUT2D eigenvalue weighted by Crippen LogP contribution is 2.21. The van der Waals surface area contributed by atoms with Crippen molar-refractivity contribution in [1.82, 2.24) is 0 Å². The van der Waals surface area contributed by atoms with E-state index in [-0.39, 0.29) is 18.0 Å². The fraction of sp³-hybridized carbons (Fsp3) is 0.176. The molecule has 2 aromatic rings. The molecule has 0 aliphatic rings. The fourth-order valence-corrected chi connectivity index (χ4v) is 2.01. The van der Waals surface area contributed by atoms with E-state index in [4.69, 9.17) is 4.74 Å². The lowest BCUT2D eigenvalue weighted by Crippen LogP contribution is -2.10. The average Bonchev–Trinajstić information content (AvgIpc) is 2.48. The van der Waals surface area contributed by atoms with Crippen molar-refractivity contribution in [3.63, 3.8) is 0 Å². The van der Waals surface area contributed by atoms with Crippen molar-refractivity contribution in [2.45, 2.75) is 13.3 Å². The van der Waals surface area contributed by atoms with Crippen LogP contribution >= 0.6 is 0 Å². The summed E-state index contributed by atoms with van der Waals surface area (Å²) in [5.41, 5.74) is 1.96. The highest BCUT2D eigenvalue weighted by atomic mass is 16.5. The monoisotopic (exact) mass is 268 g/mol. The van der Waals surface area contributed by atoms with E-state index in [1.165, 1.54) is 7.11 Å². The van der Waals surface area contributed by atoms with Gasteiger partial charge in [0.15, 0.2) is 11.6 Å². The Bertz CT molecular complexity index is 630. The zero-order valence-electron chi connectivity index (χ0n) is 11.6. The number of hydrogen-bond acceptors (Lipinski definition) is 3. The van der Waals surface area contributed by atoms with Crippen molar-refractivity contribution in [3.05, 3.63) is 65.2 Å². The molecule has 3 heteroatoms. The molecule has 0 spiro atoms. The smallest absolute Gasteiger partial charge is 0.174 e. The summed E-state index contributed by atoms with van der Waals surface area (Å²) in [6, 6.07) is 14.2. The van der Waals surface area contributed by atoms with Crippen molar-refractivity contribution < 1.29 is 14.3 Å². The zero-order valence-corrected chi connectivity index (χ0v) is 11.6. The molecule has 0 aliphatic carbocycles. The molecule has 0 aliphatic heterocycles. The molecule has 0 bridgehead atoms. The minimum Gasteiger partial charge on any atom is -0.496 e. The van der Waals surface area contributed by atoms with Crippen molar-refractivity contribution in [1.29, 1.82) is 0 Å². The van der Waals surface area contributed by atoms with Crippen molar-refractivity contribution >= 4 is 11.6 Å². The third-order valence-corrected chi connectivity index (χ3v) is 3.07. The molecule has 0 atom stereocenters. The molecule has 3 nitrogen and oxygen atoms in total. The molecular weight excluding hydrogens is 252 g/mol. The molecule has 0 saturated carbocycles. The third kappa shape index (κ3) is 3.12. The van der Waals surface area contributed by atoms with Crippen LogP contribution in [0.25, 0.3) is 0 Å². The summed E-state index contributed by atoms with van der Waals surface area (Å²) in [5, 5.41) is 0. The molecule has 0 N–H and O–H groups in total. The van der Waals surface area contributed by atoms with Crippen LogP contribution in [0.2, 0.25) is 0 Å². The van der Waals surface area contributed by atoms with Crippen LogP contribution in [-0.4, -0.2) is 18.7 Å². The summed E-state index contributed by atoms with van der Waals surface area (Å²) >= 11 is 0. The molecule has 0 heterocycles. The summed E-state index contributed by atoms with van der Waals surface area (Å²) in [6.07, 6.45) is -0.149. The van der Waals surface area contributed by atoms with Crippen molar-refractivity contribution in [3.8, 4) is 5.75 Å². The second-order valence-corrected chi connectivity index (χ2v) is 4.59. The number of carbonyl (C=O) groups excluding carboxylic acids is 2. The molecule has 2 aromatic carbocycles. The molecule has 0 fully saturated rings. The first-order valence-electron chi connectivity index (χ1n) is 6.38. The van der Waals surface area contributed by atoms with Crippen LogP contribution in [-0.2, 0) is 0 Å². The molecular formula is C17H16O3. The number of carbonyl (C=O) groups is 2. The number of rotatable bonds is 5. The lowest BCUT2D eigenvalue weighted by molar-refractivity contribution is 0.0892. The van der Waals surface area contributed by atoms with Crippen LogP contribution in [0.1, 0.15) is 32.7 Å². The highest BCUT2D eigenvalue weighted by Gasteiger charge is 2.17. The van der Waals surface area contributed by atoms with Crippen molar-refractivity contribution in [2.24, 2.45) is 0 Å². The van der Waals surface area contributed by atoms with Gasteiger partial charge in [0.2, 0.25) is 0 Å². The summed E-state index contributed by atoms with van der Waals surface area (Å²) < 4.78 is 5.18. The predicted octanol–water partition coefficient (Wildman–Crippen LogP) is 3.46. The van der Waals surface area contributed by atoms with E-state index < -0.39 is 0 Å². The average molecular weight is 268 g/mol. The first-order valence-corrected chi connectivity index (χ1v) is 6.38. The van der Waals surface area contributed by atoms with Crippen molar-refractivity contribution in [2.75, 3.05) is 7.11 Å². The van der Waals surface area contributed by atoms with E-state index in [1.807, 2.05) is 19.1 Å². The van der Waals surface area contributed by atoms with E-state index in [9.17, 15) is 9.59 Å². The summed E-state index contributed by atoms with van der Waals surface area (Å²) in [6.45, 7) is 1.90. The minimum absolute atomic E-state index is 0.149. The van der Waals surface area contributed by atoms with Gasteiger partial charge in [-0.25, -0.2) is 0 Å². The molecule has 102 valence electrons. The van der Waals surface area contributed by atoms with E-state index in [1.54, 1.807) is 36.4 Å². The molecule has 20 heavy (non-hydrogen) atoms. The van der Waals surface area contributed by atoms with Crippen LogP contribution in [0.5, 0.6) is 5.75 Å². The molecule has 0 amide bonds. The van der Waals surface area contributed by atoms with Gasteiger partial charge >= 0.3 is 0 Å². The summed E-state index contributed by atoms with van der Waals surface area (Å²) in [5.74, 6) is 0.0972. The first-order chi connectivity index (χ1) is 9.61. The largest absolute Gasteiger partial charge is 0.496 e. The van der Waals surface area contributed by atoms with Gasteiger partial charge in [0.05, 0.1) is 19.1 Å². The van der Waals surface area contributed by atoms with Gasteiger partial charge in [-0.1, -0.05) is 42.0 Å². The van der Waals surface area contributed by atoms with Gasteiger partial charge in [0.1, 0.15) is 5.75 Å². The second kappa shape index (κ2) is 6.15. The van der Waals surface area contributed by atoms with Gasteiger partial charge in [-0.2, -0.15) is 0 Å². The Labute approximate surface area is 118 Å². The molecule has 0 aromatic heterocycles. The Morgan fingerprint density at radius 1 is 1.00 bits per heavy atom. The molecule has 0 radical (unpaired) electrons. The van der Waals surface area contributed by atoms with Crippen LogP contribution in [0.4, 0.5) is 0 Å². The Kier molecular flexibility index (Phi) is 4.31. The van der Waals surface area contributed by atoms with Gasteiger partial charge in [0.25, 0.3) is 0 Å².